The van der Waals surface area contributed by atoms with Crippen molar-refractivity contribution in [3.63, 3.8) is 0 Å². The van der Waals surface area contributed by atoms with Crippen LogP contribution in [0, 0.1) is 5.92 Å². The van der Waals surface area contributed by atoms with Crippen LogP contribution in [0.15, 0.2) is 59.8 Å². The molecule has 7 nitrogen and oxygen atoms in total. The van der Waals surface area contributed by atoms with Gasteiger partial charge in [-0.2, -0.15) is 5.10 Å². The number of anilines is 1. The molecule has 2 heterocycles. The van der Waals surface area contributed by atoms with E-state index >= 15 is 0 Å². The van der Waals surface area contributed by atoms with E-state index in [4.69, 9.17) is 0 Å². The number of hydrogen-bond donors (Lipinski definition) is 2. The molecule has 0 spiro atoms. The van der Waals surface area contributed by atoms with Crippen LogP contribution in [0.25, 0.3) is 5.95 Å². The van der Waals surface area contributed by atoms with Crippen molar-refractivity contribution in [2.24, 2.45) is 5.92 Å². The summed E-state index contributed by atoms with van der Waals surface area (Å²) in [6.45, 7) is 3.95. The molecule has 0 saturated carbocycles. The Morgan fingerprint density at radius 2 is 1.96 bits per heavy atom. The summed E-state index contributed by atoms with van der Waals surface area (Å²) in [6.07, 6.45) is 4.60. The molecular formula is C18H19N5O2. The van der Waals surface area contributed by atoms with Crippen LogP contribution in [0.2, 0.25) is 0 Å². The lowest BCUT2D eigenvalue weighted by Crippen LogP contribution is -2.28. The van der Waals surface area contributed by atoms with Crippen molar-refractivity contribution in [2.75, 3.05) is 5.32 Å². The zero-order valence-corrected chi connectivity index (χ0v) is 14.0. The molecule has 0 bridgehead atoms. The lowest BCUT2D eigenvalue weighted by Gasteiger charge is -2.20. The van der Waals surface area contributed by atoms with Crippen LogP contribution >= 0.6 is 0 Å². The number of H-pyrrole nitrogens is 1. The molecule has 2 aromatic heterocycles. The normalized spacial score (nSPS) is 12.1. The van der Waals surface area contributed by atoms with Crippen LogP contribution < -0.4 is 10.9 Å². The zero-order valence-electron chi connectivity index (χ0n) is 14.0. The topological polar surface area (TPSA) is 92.7 Å². The van der Waals surface area contributed by atoms with Gasteiger partial charge >= 0.3 is 0 Å². The maximum atomic E-state index is 12.7. The molecular weight excluding hydrogens is 318 g/mol. The molecule has 0 radical (unpaired) electrons. The fourth-order valence-corrected chi connectivity index (χ4v) is 2.69. The summed E-state index contributed by atoms with van der Waals surface area (Å²) < 4.78 is 1.44. The number of nitrogens with one attached hydrogen (secondary N) is 2. The predicted octanol–water partition coefficient (Wildman–Crippen LogP) is 2.33. The van der Waals surface area contributed by atoms with Gasteiger partial charge in [-0.15, -0.1) is 0 Å². The lowest BCUT2D eigenvalue weighted by molar-refractivity contribution is -0.118. The molecule has 25 heavy (non-hydrogen) atoms. The van der Waals surface area contributed by atoms with Crippen LogP contribution in [0.1, 0.15) is 25.3 Å². The van der Waals surface area contributed by atoms with Gasteiger partial charge in [-0.05, 0) is 17.5 Å². The Bertz CT molecular complexity index is 901. The molecule has 1 atom stereocenters. The maximum Gasteiger partial charge on any atom is 0.276 e. The molecule has 3 aromatic rings. The highest BCUT2D eigenvalue weighted by Gasteiger charge is 2.24. The van der Waals surface area contributed by atoms with Crippen molar-refractivity contribution in [1.82, 2.24) is 19.7 Å². The molecule has 0 saturated heterocycles. The zero-order chi connectivity index (χ0) is 17.8. The van der Waals surface area contributed by atoms with Crippen molar-refractivity contribution in [3.05, 3.63) is 70.9 Å². The molecule has 0 fully saturated rings. The fourth-order valence-electron chi connectivity index (χ4n) is 2.69. The van der Waals surface area contributed by atoms with Crippen molar-refractivity contribution in [2.45, 2.75) is 19.8 Å². The third-order valence-corrected chi connectivity index (χ3v) is 3.87. The van der Waals surface area contributed by atoms with Gasteiger partial charge in [0.2, 0.25) is 11.9 Å². The quantitative estimate of drug-likeness (QED) is 0.747. The molecule has 2 N–H and O–H groups in total. The first kappa shape index (κ1) is 16.6. The van der Waals surface area contributed by atoms with Crippen LogP contribution in [0.3, 0.4) is 0 Å². The molecule has 1 aromatic carbocycles. The number of benzene rings is 1. The third-order valence-electron chi connectivity index (χ3n) is 3.87. The Balaban J connectivity index is 1.83. The Hall–Kier alpha value is -3.22. The SMILES string of the molecule is CC(C)C(C(=O)Nc1cnc(-n2cccn2)[nH]c1=O)c1ccccc1. The maximum absolute atomic E-state index is 12.7. The van der Waals surface area contributed by atoms with E-state index in [2.05, 4.69) is 20.4 Å². The van der Waals surface area contributed by atoms with Gasteiger partial charge in [0.25, 0.3) is 5.56 Å². The largest absolute Gasteiger partial charge is 0.320 e. The van der Waals surface area contributed by atoms with Crippen LogP contribution in [0.5, 0.6) is 0 Å². The molecule has 0 aliphatic carbocycles. The first-order valence-corrected chi connectivity index (χ1v) is 8.01. The molecule has 3 rings (SSSR count). The molecule has 128 valence electrons. The van der Waals surface area contributed by atoms with Crippen molar-refractivity contribution in [1.29, 1.82) is 0 Å². The van der Waals surface area contributed by atoms with E-state index < -0.39 is 5.56 Å². The van der Waals surface area contributed by atoms with E-state index in [9.17, 15) is 9.59 Å². The summed E-state index contributed by atoms with van der Waals surface area (Å²) in [5.41, 5.74) is 0.597. The van der Waals surface area contributed by atoms with Crippen LogP contribution in [-0.2, 0) is 4.79 Å². The van der Waals surface area contributed by atoms with E-state index in [1.54, 1.807) is 18.5 Å². The standard InChI is InChI=1S/C18H19N5O2/c1-12(2)15(13-7-4-3-5-8-13)17(25)21-14-11-19-18(22-16(14)24)23-10-6-9-20-23/h3-12,15H,1-2H3,(H,21,25)(H,19,22,24). The second-order valence-electron chi connectivity index (χ2n) is 6.02. The minimum Gasteiger partial charge on any atom is -0.320 e. The summed E-state index contributed by atoms with van der Waals surface area (Å²) in [5, 5.41) is 6.69. The summed E-state index contributed by atoms with van der Waals surface area (Å²) in [7, 11) is 0. The highest BCUT2D eigenvalue weighted by atomic mass is 16.2. The summed E-state index contributed by atoms with van der Waals surface area (Å²) in [4.78, 5) is 31.7. The predicted molar refractivity (Wildman–Crippen MR) is 94.6 cm³/mol. The van der Waals surface area contributed by atoms with E-state index in [0.717, 1.165) is 5.56 Å². The number of carbonyl (C=O) groups is 1. The summed E-state index contributed by atoms with van der Waals surface area (Å²) in [5.74, 6) is -0.221. The second kappa shape index (κ2) is 7.12. The number of nitrogens with zero attached hydrogens (tertiary/aromatic N) is 3. The van der Waals surface area contributed by atoms with Crippen molar-refractivity contribution < 1.29 is 4.79 Å². The second-order valence-corrected chi connectivity index (χ2v) is 6.02. The van der Waals surface area contributed by atoms with Crippen molar-refractivity contribution in [3.8, 4) is 5.95 Å². The number of carbonyl (C=O) groups excluding carboxylic acids is 1. The Morgan fingerprint density at radius 3 is 2.56 bits per heavy atom. The fraction of sp³-hybridized carbons (Fsp3) is 0.222. The van der Waals surface area contributed by atoms with Crippen molar-refractivity contribution >= 4 is 11.6 Å². The third kappa shape index (κ3) is 3.65. The average Bonchev–Trinajstić information content (AvgIpc) is 3.12. The monoisotopic (exact) mass is 337 g/mol. The van der Waals surface area contributed by atoms with Gasteiger partial charge in [0, 0.05) is 12.4 Å². The van der Waals surface area contributed by atoms with Gasteiger partial charge in [0.15, 0.2) is 0 Å². The number of amides is 1. The first-order chi connectivity index (χ1) is 12.1. The molecule has 0 aliphatic heterocycles. The highest BCUT2D eigenvalue weighted by molar-refractivity contribution is 5.95. The number of aromatic amines is 1. The summed E-state index contributed by atoms with van der Waals surface area (Å²) in [6, 6.07) is 11.2. The Morgan fingerprint density at radius 1 is 1.20 bits per heavy atom. The minimum absolute atomic E-state index is 0.0813. The Kier molecular flexibility index (Phi) is 4.74. The number of rotatable bonds is 5. The highest BCUT2D eigenvalue weighted by Crippen LogP contribution is 2.25. The van der Waals surface area contributed by atoms with E-state index in [1.807, 2.05) is 44.2 Å². The molecule has 1 unspecified atom stereocenters. The van der Waals surface area contributed by atoms with Gasteiger partial charge < -0.3 is 5.32 Å². The molecule has 1 amide bonds. The van der Waals surface area contributed by atoms with Gasteiger partial charge in [-0.1, -0.05) is 44.2 Å². The molecule has 7 heteroatoms. The Labute approximate surface area is 144 Å². The number of hydrogen-bond acceptors (Lipinski definition) is 4. The lowest BCUT2D eigenvalue weighted by atomic mass is 9.87. The van der Waals surface area contributed by atoms with Gasteiger partial charge in [0.05, 0.1) is 12.1 Å². The van der Waals surface area contributed by atoms with Gasteiger partial charge in [-0.3, -0.25) is 14.6 Å². The first-order valence-electron chi connectivity index (χ1n) is 8.01. The minimum atomic E-state index is -0.426. The summed E-state index contributed by atoms with van der Waals surface area (Å²) >= 11 is 0. The van der Waals surface area contributed by atoms with E-state index in [1.165, 1.54) is 10.9 Å². The van der Waals surface area contributed by atoms with Gasteiger partial charge in [-0.25, -0.2) is 9.67 Å². The molecule has 0 aliphatic rings. The van der Waals surface area contributed by atoms with Crippen LogP contribution in [-0.4, -0.2) is 25.7 Å². The van der Waals surface area contributed by atoms with Crippen LogP contribution in [0.4, 0.5) is 5.69 Å². The number of aromatic nitrogens is 4. The van der Waals surface area contributed by atoms with E-state index in [-0.39, 0.29) is 29.4 Å². The van der Waals surface area contributed by atoms with E-state index in [0.29, 0.717) is 0 Å². The average molecular weight is 337 g/mol. The smallest absolute Gasteiger partial charge is 0.276 e. The van der Waals surface area contributed by atoms with Gasteiger partial charge in [0.1, 0.15) is 5.69 Å².